The van der Waals surface area contributed by atoms with Gasteiger partial charge in [-0.2, -0.15) is 10.4 Å². The molecule has 3 rings (SSSR count). The molecule has 0 aliphatic carbocycles. The third-order valence-electron chi connectivity index (χ3n) is 4.82. The van der Waals surface area contributed by atoms with E-state index in [1.807, 2.05) is 54.9 Å². The van der Waals surface area contributed by atoms with Gasteiger partial charge < -0.3 is 9.73 Å². The minimum absolute atomic E-state index is 0.0435. The van der Waals surface area contributed by atoms with Crippen molar-refractivity contribution in [3.8, 4) is 17.4 Å². The largest absolute Gasteiger partial charge is 0.459 e. The number of carbonyl (C=O) groups excluding carboxylic acids is 1. The molecular weight excluding hydrogens is 388 g/mol. The van der Waals surface area contributed by atoms with Crippen LogP contribution in [-0.2, 0) is 24.3 Å². The molecule has 0 radical (unpaired) electrons. The first kappa shape index (κ1) is 20.7. The van der Waals surface area contributed by atoms with Crippen LogP contribution in [0.1, 0.15) is 35.6 Å². The molecule has 0 fully saturated rings. The van der Waals surface area contributed by atoms with Crippen molar-refractivity contribution in [1.29, 1.82) is 5.26 Å². The number of amides is 1. The molecule has 1 N–H and O–H groups in total. The van der Waals surface area contributed by atoms with Crippen molar-refractivity contribution in [3.63, 3.8) is 0 Å². The lowest BCUT2D eigenvalue weighted by molar-refractivity contribution is -0.121. The van der Waals surface area contributed by atoms with Crippen LogP contribution >= 0.6 is 11.6 Å². The average molecular weight is 411 g/mol. The third kappa shape index (κ3) is 5.27. The Morgan fingerprint density at radius 1 is 1.24 bits per heavy atom. The lowest BCUT2D eigenvalue weighted by Crippen LogP contribution is -2.22. The van der Waals surface area contributed by atoms with Gasteiger partial charge in [0.1, 0.15) is 11.5 Å². The highest BCUT2D eigenvalue weighted by Crippen LogP contribution is 2.23. The maximum atomic E-state index is 12.3. The zero-order valence-corrected chi connectivity index (χ0v) is 17.3. The second-order valence-electron chi connectivity index (χ2n) is 6.83. The van der Waals surface area contributed by atoms with Gasteiger partial charge in [-0.1, -0.05) is 11.6 Å². The Morgan fingerprint density at radius 3 is 2.72 bits per heavy atom. The summed E-state index contributed by atoms with van der Waals surface area (Å²) in [6.07, 6.45) is 1.41. The molecule has 2 aromatic heterocycles. The Kier molecular flexibility index (Phi) is 6.73. The van der Waals surface area contributed by atoms with Gasteiger partial charge in [0.15, 0.2) is 0 Å². The van der Waals surface area contributed by atoms with Crippen molar-refractivity contribution >= 4 is 17.5 Å². The molecule has 1 amide bonds. The predicted molar refractivity (Wildman–Crippen MR) is 111 cm³/mol. The van der Waals surface area contributed by atoms with Crippen molar-refractivity contribution in [2.75, 3.05) is 0 Å². The van der Waals surface area contributed by atoms with Crippen molar-refractivity contribution < 1.29 is 9.21 Å². The lowest BCUT2D eigenvalue weighted by atomic mass is 10.1. The van der Waals surface area contributed by atoms with Crippen LogP contribution in [-0.4, -0.2) is 15.7 Å². The summed E-state index contributed by atoms with van der Waals surface area (Å²) in [6.45, 7) is 4.83. The summed E-state index contributed by atoms with van der Waals surface area (Å²) in [5.41, 5.74) is 3.93. The van der Waals surface area contributed by atoms with Gasteiger partial charge in [0.05, 0.1) is 31.3 Å². The molecule has 0 aliphatic rings. The highest BCUT2D eigenvalue weighted by molar-refractivity contribution is 6.30. The van der Waals surface area contributed by atoms with E-state index in [0.717, 1.165) is 28.3 Å². The van der Waals surface area contributed by atoms with Gasteiger partial charge >= 0.3 is 0 Å². The number of furan rings is 1. The number of nitriles is 1. The van der Waals surface area contributed by atoms with E-state index in [4.69, 9.17) is 21.3 Å². The number of nitrogens with zero attached hydrogens (tertiary/aromatic N) is 3. The van der Waals surface area contributed by atoms with E-state index in [2.05, 4.69) is 16.5 Å². The summed E-state index contributed by atoms with van der Waals surface area (Å²) in [5.74, 6) is 1.39. The van der Waals surface area contributed by atoms with Gasteiger partial charge in [-0.15, -0.1) is 0 Å². The second-order valence-corrected chi connectivity index (χ2v) is 7.27. The Bertz CT molecular complexity index is 1030. The SMILES string of the molecule is Cc1nn(CCC#N)c(C)c1CCC(=O)NCc1ccc(-c2ccc(Cl)cc2)o1. The van der Waals surface area contributed by atoms with E-state index >= 15 is 0 Å². The highest BCUT2D eigenvalue weighted by atomic mass is 35.5. The summed E-state index contributed by atoms with van der Waals surface area (Å²) >= 11 is 5.91. The molecule has 6 nitrogen and oxygen atoms in total. The van der Waals surface area contributed by atoms with Crippen LogP contribution < -0.4 is 5.32 Å². The number of aromatic nitrogens is 2. The number of hydrogen-bond donors (Lipinski definition) is 1. The summed E-state index contributed by atoms with van der Waals surface area (Å²) < 4.78 is 7.64. The molecule has 2 heterocycles. The fraction of sp³-hybridized carbons (Fsp3) is 0.318. The van der Waals surface area contributed by atoms with Crippen LogP contribution in [0.5, 0.6) is 0 Å². The number of hydrogen-bond acceptors (Lipinski definition) is 4. The molecule has 29 heavy (non-hydrogen) atoms. The minimum Gasteiger partial charge on any atom is -0.459 e. The van der Waals surface area contributed by atoms with Crippen molar-refractivity contribution in [2.45, 2.75) is 46.2 Å². The third-order valence-corrected chi connectivity index (χ3v) is 5.07. The molecule has 0 saturated heterocycles. The van der Waals surface area contributed by atoms with Gasteiger partial charge in [0, 0.05) is 22.7 Å². The second kappa shape index (κ2) is 9.44. The highest BCUT2D eigenvalue weighted by Gasteiger charge is 2.13. The minimum atomic E-state index is -0.0435. The van der Waals surface area contributed by atoms with Gasteiger partial charge in [-0.3, -0.25) is 9.48 Å². The Hall–Kier alpha value is -3.04. The first-order valence-corrected chi connectivity index (χ1v) is 9.87. The molecule has 0 bridgehead atoms. The normalized spacial score (nSPS) is 10.7. The molecule has 0 saturated carbocycles. The first-order valence-electron chi connectivity index (χ1n) is 9.49. The van der Waals surface area contributed by atoms with E-state index in [1.165, 1.54) is 0 Å². The fourth-order valence-electron chi connectivity index (χ4n) is 3.22. The van der Waals surface area contributed by atoms with Crippen molar-refractivity contribution in [1.82, 2.24) is 15.1 Å². The van der Waals surface area contributed by atoms with E-state index in [0.29, 0.717) is 43.1 Å². The van der Waals surface area contributed by atoms with Crippen LogP contribution in [0.25, 0.3) is 11.3 Å². The van der Waals surface area contributed by atoms with E-state index in [1.54, 1.807) is 0 Å². The molecule has 1 aromatic carbocycles. The maximum Gasteiger partial charge on any atom is 0.220 e. The number of rotatable bonds is 8. The summed E-state index contributed by atoms with van der Waals surface area (Å²) in [7, 11) is 0. The standard InChI is InChI=1S/C22H23ClN4O2/c1-15-20(16(2)27(26-15)13-3-12-24)9-11-22(28)25-14-19-8-10-21(29-19)17-4-6-18(23)7-5-17/h4-8,10H,3,9,11,13-14H2,1-2H3,(H,25,28). The van der Waals surface area contributed by atoms with Crippen LogP contribution in [0.15, 0.2) is 40.8 Å². The zero-order valence-electron chi connectivity index (χ0n) is 16.5. The quantitative estimate of drug-likeness (QED) is 0.589. The van der Waals surface area contributed by atoms with E-state index in [-0.39, 0.29) is 5.91 Å². The number of nitrogens with one attached hydrogen (secondary N) is 1. The fourth-order valence-corrected chi connectivity index (χ4v) is 3.35. The molecule has 7 heteroatoms. The van der Waals surface area contributed by atoms with Crippen LogP contribution in [0.4, 0.5) is 0 Å². The smallest absolute Gasteiger partial charge is 0.220 e. The van der Waals surface area contributed by atoms with Crippen LogP contribution in [0.2, 0.25) is 5.02 Å². The zero-order chi connectivity index (χ0) is 20.8. The van der Waals surface area contributed by atoms with E-state index < -0.39 is 0 Å². The van der Waals surface area contributed by atoms with Gasteiger partial charge in [-0.25, -0.2) is 0 Å². The van der Waals surface area contributed by atoms with Crippen molar-refractivity contribution in [3.05, 3.63) is 64.1 Å². The van der Waals surface area contributed by atoms with Crippen LogP contribution in [0, 0.1) is 25.2 Å². The molecular formula is C22H23ClN4O2. The predicted octanol–water partition coefficient (Wildman–Crippen LogP) is 4.58. The summed E-state index contributed by atoms with van der Waals surface area (Å²) in [6, 6.07) is 13.3. The Labute approximate surface area is 175 Å². The number of halogens is 1. The topological polar surface area (TPSA) is 83.8 Å². The first-order chi connectivity index (χ1) is 14.0. The van der Waals surface area contributed by atoms with Crippen molar-refractivity contribution in [2.24, 2.45) is 0 Å². The summed E-state index contributed by atoms with van der Waals surface area (Å²) in [5, 5.41) is 16.8. The number of carbonyl (C=O) groups is 1. The molecule has 0 atom stereocenters. The number of aryl methyl sites for hydroxylation is 2. The monoisotopic (exact) mass is 410 g/mol. The lowest BCUT2D eigenvalue weighted by Gasteiger charge is -2.05. The van der Waals surface area contributed by atoms with Crippen LogP contribution in [0.3, 0.4) is 0 Å². The van der Waals surface area contributed by atoms with Gasteiger partial charge in [-0.05, 0) is 62.2 Å². The Balaban J connectivity index is 1.51. The maximum absolute atomic E-state index is 12.3. The Morgan fingerprint density at radius 2 is 2.00 bits per heavy atom. The molecule has 0 spiro atoms. The average Bonchev–Trinajstić information content (AvgIpc) is 3.28. The molecule has 150 valence electrons. The number of benzene rings is 1. The molecule has 3 aromatic rings. The van der Waals surface area contributed by atoms with Gasteiger partial charge in [0.2, 0.25) is 5.91 Å². The summed E-state index contributed by atoms with van der Waals surface area (Å²) in [4.78, 5) is 12.3. The molecule has 0 unspecified atom stereocenters. The van der Waals surface area contributed by atoms with Gasteiger partial charge in [0.25, 0.3) is 0 Å². The van der Waals surface area contributed by atoms with E-state index in [9.17, 15) is 4.79 Å². The molecule has 0 aliphatic heterocycles.